The van der Waals surface area contributed by atoms with Crippen molar-refractivity contribution in [1.29, 1.82) is 0 Å². The van der Waals surface area contributed by atoms with Crippen LogP contribution in [0.25, 0.3) is 0 Å². The Kier molecular flexibility index (Phi) is 13.4. The first-order chi connectivity index (χ1) is 13.1. The summed E-state index contributed by atoms with van der Waals surface area (Å²) in [6, 6.07) is 6.80. The molecule has 0 radical (unpaired) electrons. The molecular weight excluding hydrogens is 336 g/mol. The highest BCUT2D eigenvalue weighted by atomic mass is 16.4. The van der Waals surface area contributed by atoms with Crippen molar-refractivity contribution in [2.75, 3.05) is 0 Å². The van der Waals surface area contributed by atoms with Crippen LogP contribution < -0.4 is 0 Å². The van der Waals surface area contributed by atoms with Gasteiger partial charge in [0.1, 0.15) is 5.78 Å². The number of aromatic carboxylic acids is 1. The summed E-state index contributed by atoms with van der Waals surface area (Å²) in [5.41, 5.74) is 0.876. The monoisotopic (exact) mass is 374 g/mol. The van der Waals surface area contributed by atoms with Crippen molar-refractivity contribution in [3.05, 3.63) is 35.4 Å². The third kappa shape index (κ3) is 11.6. The summed E-state index contributed by atoms with van der Waals surface area (Å²) < 4.78 is 0. The van der Waals surface area contributed by atoms with Gasteiger partial charge in [0.05, 0.1) is 5.56 Å². The molecule has 0 aromatic heterocycles. The number of benzene rings is 1. The highest BCUT2D eigenvalue weighted by Crippen LogP contribution is 2.14. The number of carboxylic acid groups (broad SMARTS) is 1. The Hall–Kier alpha value is -1.64. The highest BCUT2D eigenvalue weighted by molar-refractivity contribution is 5.92. The average molecular weight is 375 g/mol. The molecule has 0 saturated heterocycles. The number of carbonyl (C=O) groups is 2. The van der Waals surface area contributed by atoms with E-state index in [0.717, 1.165) is 12.8 Å². The average Bonchev–Trinajstić information content (AvgIpc) is 2.65. The summed E-state index contributed by atoms with van der Waals surface area (Å²) in [6.07, 6.45) is 17.6. The minimum Gasteiger partial charge on any atom is -0.478 e. The molecule has 0 aliphatic heterocycles. The van der Waals surface area contributed by atoms with E-state index in [-0.39, 0.29) is 17.8 Å². The normalized spacial score (nSPS) is 10.9. The predicted octanol–water partition coefficient (Wildman–Crippen LogP) is 6.98. The summed E-state index contributed by atoms with van der Waals surface area (Å²) >= 11 is 0. The third-order valence-electron chi connectivity index (χ3n) is 5.19. The second-order valence-corrected chi connectivity index (χ2v) is 7.67. The molecule has 3 nitrogen and oxygen atoms in total. The van der Waals surface area contributed by atoms with Crippen LogP contribution in [-0.4, -0.2) is 16.9 Å². The maximum absolute atomic E-state index is 12.1. The number of Topliss-reactive ketones (excluding diaryl/α,β-unsaturated/α-hetero) is 1. The SMILES string of the molecule is CCCCCCCCCCCCCCCC(=O)Cc1ccccc1C(=O)O. The zero-order chi connectivity index (χ0) is 19.7. The summed E-state index contributed by atoms with van der Waals surface area (Å²) in [5, 5.41) is 9.17. The fourth-order valence-corrected chi connectivity index (χ4v) is 3.52. The van der Waals surface area contributed by atoms with Crippen LogP contribution in [0.3, 0.4) is 0 Å². The van der Waals surface area contributed by atoms with Crippen molar-refractivity contribution in [1.82, 2.24) is 0 Å². The summed E-state index contributed by atoms with van der Waals surface area (Å²) in [7, 11) is 0. The maximum Gasteiger partial charge on any atom is 0.335 e. The topological polar surface area (TPSA) is 54.4 Å². The Morgan fingerprint density at radius 3 is 1.74 bits per heavy atom. The van der Waals surface area contributed by atoms with E-state index in [4.69, 9.17) is 5.11 Å². The fourth-order valence-electron chi connectivity index (χ4n) is 3.52. The molecule has 0 unspecified atom stereocenters. The van der Waals surface area contributed by atoms with Crippen LogP contribution in [0.5, 0.6) is 0 Å². The van der Waals surface area contributed by atoms with Crippen LogP contribution in [-0.2, 0) is 11.2 Å². The Morgan fingerprint density at radius 1 is 0.741 bits per heavy atom. The Morgan fingerprint density at radius 2 is 1.22 bits per heavy atom. The van der Waals surface area contributed by atoms with Crippen molar-refractivity contribution in [2.45, 2.75) is 103 Å². The fraction of sp³-hybridized carbons (Fsp3) is 0.667. The standard InChI is InChI=1S/C24H38O3/c1-2-3-4-5-6-7-8-9-10-11-12-13-14-18-22(25)20-21-17-15-16-19-23(21)24(26)27/h15-17,19H,2-14,18,20H2,1H3,(H,26,27). The molecule has 1 aromatic rings. The molecule has 27 heavy (non-hydrogen) atoms. The van der Waals surface area contributed by atoms with Crippen LogP contribution in [0.1, 0.15) is 113 Å². The Labute approximate surface area is 165 Å². The second-order valence-electron chi connectivity index (χ2n) is 7.67. The highest BCUT2D eigenvalue weighted by Gasteiger charge is 2.12. The molecule has 0 bridgehead atoms. The van der Waals surface area contributed by atoms with Gasteiger partial charge in [-0.15, -0.1) is 0 Å². The van der Waals surface area contributed by atoms with Crippen LogP contribution in [0.4, 0.5) is 0 Å². The number of ketones is 1. The summed E-state index contributed by atoms with van der Waals surface area (Å²) in [6.45, 7) is 2.26. The molecule has 1 aromatic carbocycles. The van der Waals surface area contributed by atoms with Crippen LogP contribution in [0.15, 0.2) is 24.3 Å². The number of unbranched alkanes of at least 4 members (excludes halogenated alkanes) is 12. The van der Waals surface area contributed by atoms with Gasteiger partial charge in [0.25, 0.3) is 0 Å². The number of hydrogen-bond acceptors (Lipinski definition) is 2. The van der Waals surface area contributed by atoms with Gasteiger partial charge in [0, 0.05) is 12.8 Å². The molecule has 0 aliphatic carbocycles. The van der Waals surface area contributed by atoms with E-state index in [9.17, 15) is 9.59 Å². The molecule has 0 heterocycles. The van der Waals surface area contributed by atoms with Crippen molar-refractivity contribution >= 4 is 11.8 Å². The third-order valence-corrected chi connectivity index (χ3v) is 5.19. The molecule has 0 fully saturated rings. The van der Waals surface area contributed by atoms with Gasteiger partial charge < -0.3 is 5.11 Å². The van der Waals surface area contributed by atoms with Crippen molar-refractivity contribution in [3.8, 4) is 0 Å². The zero-order valence-electron chi connectivity index (χ0n) is 17.2. The molecule has 1 rings (SSSR count). The van der Waals surface area contributed by atoms with E-state index >= 15 is 0 Å². The van der Waals surface area contributed by atoms with Crippen molar-refractivity contribution < 1.29 is 14.7 Å². The lowest BCUT2D eigenvalue weighted by Crippen LogP contribution is -2.08. The van der Waals surface area contributed by atoms with Gasteiger partial charge in [0.2, 0.25) is 0 Å². The number of hydrogen-bond donors (Lipinski definition) is 1. The van der Waals surface area contributed by atoms with E-state index in [0.29, 0.717) is 12.0 Å². The lowest BCUT2D eigenvalue weighted by molar-refractivity contribution is -0.118. The van der Waals surface area contributed by atoms with Gasteiger partial charge in [0.15, 0.2) is 0 Å². The first kappa shape index (κ1) is 23.4. The quantitative estimate of drug-likeness (QED) is 0.299. The van der Waals surface area contributed by atoms with Crippen LogP contribution in [0.2, 0.25) is 0 Å². The largest absolute Gasteiger partial charge is 0.478 e. The lowest BCUT2D eigenvalue weighted by Gasteiger charge is -2.06. The first-order valence-corrected chi connectivity index (χ1v) is 11.0. The number of carboxylic acids is 1. The second kappa shape index (κ2) is 15.4. The first-order valence-electron chi connectivity index (χ1n) is 11.0. The molecule has 0 spiro atoms. The van der Waals surface area contributed by atoms with Crippen molar-refractivity contribution in [3.63, 3.8) is 0 Å². The van der Waals surface area contributed by atoms with Gasteiger partial charge in [-0.25, -0.2) is 4.79 Å². The summed E-state index contributed by atoms with van der Waals surface area (Å²) in [4.78, 5) is 23.3. The Balaban J connectivity index is 1.98. The molecule has 0 aliphatic rings. The summed E-state index contributed by atoms with van der Waals surface area (Å²) in [5.74, 6) is -0.814. The van der Waals surface area contributed by atoms with Gasteiger partial charge in [-0.05, 0) is 18.1 Å². The van der Waals surface area contributed by atoms with Gasteiger partial charge in [-0.1, -0.05) is 102 Å². The predicted molar refractivity (Wildman–Crippen MR) is 112 cm³/mol. The van der Waals surface area contributed by atoms with Gasteiger partial charge in [-0.3, -0.25) is 4.79 Å². The maximum atomic E-state index is 12.1. The minimum absolute atomic E-state index is 0.145. The van der Waals surface area contributed by atoms with E-state index in [1.165, 1.54) is 70.6 Å². The van der Waals surface area contributed by atoms with E-state index in [1.54, 1.807) is 24.3 Å². The molecular formula is C24H38O3. The molecule has 0 amide bonds. The van der Waals surface area contributed by atoms with E-state index < -0.39 is 5.97 Å². The smallest absolute Gasteiger partial charge is 0.335 e. The molecule has 3 heteroatoms. The van der Waals surface area contributed by atoms with Crippen molar-refractivity contribution in [2.24, 2.45) is 0 Å². The molecule has 0 atom stereocenters. The number of carbonyl (C=O) groups excluding carboxylic acids is 1. The Bertz CT molecular complexity index is 536. The van der Waals surface area contributed by atoms with E-state index in [1.807, 2.05) is 0 Å². The molecule has 0 saturated carbocycles. The van der Waals surface area contributed by atoms with Gasteiger partial charge >= 0.3 is 5.97 Å². The molecule has 1 N–H and O–H groups in total. The zero-order valence-corrected chi connectivity index (χ0v) is 17.2. The van der Waals surface area contributed by atoms with Crippen LogP contribution in [0, 0.1) is 0 Å². The van der Waals surface area contributed by atoms with Crippen LogP contribution >= 0.6 is 0 Å². The minimum atomic E-state index is -0.959. The number of rotatable bonds is 17. The lowest BCUT2D eigenvalue weighted by atomic mass is 9.99. The van der Waals surface area contributed by atoms with Gasteiger partial charge in [-0.2, -0.15) is 0 Å². The van der Waals surface area contributed by atoms with E-state index in [2.05, 4.69) is 6.92 Å². The molecule has 152 valence electrons.